The summed E-state index contributed by atoms with van der Waals surface area (Å²) >= 11 is 0. The van der Waals surface area contributed by atoms with Crippen LogP contribution in [0, 0.1) is 0 Å². The van der Waals surface area contributed by atoms with E-state index in [1.165, 1.54) is 17.0 Å². The van der Waals surface area contributed by atoms with Crippen LogP contribution in [0.25, 0.3) is 16.7 Å². The Hall–Kier alpha value is -2.62. The first-order valence-corrected chi connectivity index (χ1v) is 11.7. The van der Waals surface area contributed by atoms with Gasteiger partial charge in [0.15, 0.2) is 0 Å². The van der Waals surface area contributed by atoms with E-state index in [2.05, 4.69) is 4.98 Å². The monoisotopic (exact) mass is 471 g/mol. The van der Waals surface area contributed by atoms with Gasteiger partial charge in [-0.1, -0.05) is 0 Å². The van der Waals surface area contributed by atoms with Crippen molar-refractivity contribution >= 4 is 18.6 Å². The Morgan fingerprint density at radius 1 is 1.16 bits per heavy atom. The van der Waals surface area contributed by atoms with E-state index in [1.807, 2.05) is 0 Å². The lowest BCUT2D eigenvalue weighted by atomic mass is 9.96. The summed E-state index contributed by atoms with van der Waals surface area (Å²) in [5, 5.41) is 0. The Kier molecular flexibility index (Phi) is 5.68. The van der Waals surface area contributed by atoms with Gasteiger partial charge >= 0.3 is 24.9 Å². The summed E-state index contributed by atoms with van der Waals surface area (Å²) in [5.74, 6) is -1.14. The van der Waals surface area contributed by atoms with E-state index in [4.69, 9.17) is 9.05 Å². The lowest BCUT2D eigenvalue weighted by Crippen LogP contribution is -2.41. The quantitative estimate of drug-likeness (QED) is 0.429. The van der Waals surface area contributed by atoms with Crippen molar-refractivity contribution in [1.82, 2.24) is 14.1 Å². The maximum absolute atomic E-state index is 14.0. The average Bonchev–Trinajstić information content (AvgIpc) is 3.25. The molecule has 1 N–H and O–H groups in total. The van der Waals surface area contributed by atoms with E-state index in [1.54, 1.807) is 26.0 Å². The van der Waals surface area contributed by atoms with E-state index >= 15 is 0 Å². The fourth-order valence-electron chi connectivity index (χ4n) is 4.26. The zero-order chi connectivity index (χ0) is 23.3. The van der Waals surface area contributed by atoms with Gasteiger partial charge in [-0.3, -0.25) is 18.7 Å². The Morgan fingerprint density at radius 2 is 1.78 bits per heavy atom. The van der Waals surface area contributed by atoms with Crippen LogP contribution in [0.5, 0.6) is 0 Å². The minimum Gasteiger partial charge on any atom is -0.323 e. The van der Waals surface area contributed by atoms with Crippen LogP contribution in [-0.2, 0) is 26.2 Å². The molecule has 0 aliphatic carbocycles. The number of aromatic amines is 1. The van der Waals surface area contributed by atoms with Gasteiger partial charge in [0, 0.05) is 18.0 Å². The first-order chi connectivity index (χ1) is 15.1. The number of rotatable bonds is 6. The third kappa shape index (κ3) is 3.54. The maximum atomic E-state index is 14.0. The molecule has 3 heterocycles. The molecule has 0 radical (unpaired) electrons. The van der Waals surface area contributed by atoms with Crippen molar-refractivity contribution in [2.45, 2.75) is 38.6 Å². The van der Waals surface area contributed by atoms with E-state index in [-0.39, 0.29) is 48.3 Å². The standard InChI is InChI=1S/C20H21F3N3O5P/c1-3-30-32(29,31-4-2)15-8-7-12-16(25-9-5-6-10-25)13(20(21,22)23)11-14-17(12)26(15)19(28)18(27)24-14/h5-6,9-11,15H,3-4,7-8H2,1-2H3,(H,24,27). The zero-order valence-electron chi connectivity index (χ0n) is 17.3. The number of hydrogen-bond donors (Lipinski definition) is 1. The molecule has 3 aromatic rings. The third-order valence-electron chi connectivity index (χ3n) is 5.37. The van der Waals surface area contributed by atoms with Crippen molar-refractivity contribution in [3.63, 3.8) is 0 Å². The number of hydrogen-bond acceptors (Lipinski definition) is 5. The van der Waals surface area contributed by atoms with Crippen LogP contribution in [0.1, 0.15) is 37.2 Å². The molecule has 2 aromatic heterocycles. The molecule has 0 spiro atoms. The van der Waals surface area contributed by atoms with Gasteiger partial charge in [-0.25, -0.2) is 0 Å². The summed E-state index contributed by atoms with van der Waals surface area (Å²) in [7, 11) is -3.90. The van der Waals surface area contributed by atoms with Gasteiger partial charge in [0.2, 0.25) is 0 Å². The van der Waals surface area contributed by atoms with E-state index < -0.39 is 36.2 Å². The molecule has 0 amide bonds. The average molecular weight is 471 g/mol. The summed E-state index contributed by atoms with van der Waals surface area (Å²) in [6.45, 7) is 3.28. The van der Waals surface area contributed by atoms with Crippen LogP contribution in [0.15, 0.2) is 40.2 Å². The van der Waals surface area contributed by atoms with Gasteiger partial charge in [-0.15, -0.1) is 0 Å². The van der Waals surface area contributed by atoms with Crippen molar-refractivity contribution in [1.29, 1.82) is 0 Å². The topological polar surface area (TPSA) is 95.3 Å². The Labute approximate surface area is 180 Å². The predicted octanol–water partition coefficient (Wildman–Crippen LogP) is 4.21. The molecule has 1 aliphatic heterocycles. The molecule has 8 nitrogen and oxygen atoms in total. The number of aromatic nitrogens is 3. The van der Waals surface area contributed by atoms with Crippen LogP contribution in [0.3, 0.4) is 0 Å². The number of nitrogens with zero attached hydrogens (tertiary/aromatic N) is 2. The largest absolute Gasteiger partial charge is 0.418 e. The maximum Gasteiger partial charge on any atom is 0.418 e. The molecule has 1 aromatic carbocycles. The molecule has 1 aliphatic rings. The molecule has 4 rings (SSSR count). The lowest BCUT2D eigenvalue weighted by Gasteiger charge is -2.33. The van der Waals surface area contributed by atoms with Crippen LogP contribution in [0.4, 0.5) is 13.2 Å². The molecule has 0 saturated carbocycles. The van der Waals surface area contributed by atoms with Crippen LogP contribution in [0.2, 0.25) is 0 Å². The molecule has 0 bridgehead atoms. The number of aryl methyl sites for hydroxylation is 1. The molecular formula is C20H21F3N3O5P. The molecule has 0 fully saturated rings. The highest BCUT2D eigenvalue weighted by atomic mass is 31.2. The summed E-state index contributed by atoms with van der Waals surface area (Å²) in [5.41, 5.74) is -3.10. The highest BCUT2D eigenvalue weighted by Crippen LogP contribution is 2.62. The number of benzene rings is 1. The Morgan fingerprint density at radius 3 is 2.34 bits per heavy atom. The number of halogens is 3. The molecule has 172 valence electrons. The number of nitrogens with one attached hydrogen (secondary N) is 1. The summed E-state index contributed by atoms with van der Waals surface area (Å²) in [6, 6.07) is 3.97. The Balaban J connectivity index is 2.14. The van der Waals surface area contributed by atoms with Gasteiger partial charge in [0.05, 0.1) is 35.5 Å². The van der Waals surface area contributed by atoms with Gasteiger partial charge in [0.25, 0.3) is 0 Å². The SMILES string of the molecule is CCOP(=O)(OCC)C1CCc2c(-n3cccc3)c(C(F)(F)F)cc3[nH]c(=O)c(=O)n1c23. The summed E-state index contributed by atoms with van der Waals surface area (Å²) in [6.07, 6.45) is -1.71. The van der Waals surface area contributed by atoms with E-state index in [0.29, 0.717) is 0 Å². The molecule has 32 heavy (non-hydrogen) atoms. The molecule has 0 saturated heterocycles. The smallest absolute Gasteiger partial charge is 0.323 e. The van der Waals surface area contributed by atoms with Gasteiger partial charge in [0.1, 0.15) is 5.78 Å². The predicted molar refractivity (Wildman–Crippen MR) is 111 cm³/mol. The fraction of sp³-hybridized carbons (Fsp3) is 0.400. The van der Waals surface area contributed by atoms with Crippen molar-refractivity contribution < 1.29 is 26.8 Å². The lowest BCUT2D eigenvalue weighted by molar-refractivity contribution is -0.137. The fourth-order valence-corrected chi connectivity index (χ4v) is 6.35. The molecule has 1 atom stereocenters. The van der Waals surface area contributed by atoms with Crippen LogP contribution >= 0.6 is 7.60 Å². The van der Waals surface area contributed by atoms with Crippen LogP contribution in [-0.4, -0.2) is 27.3 Å². The third-order valence-corrected chi connectivity index (χ3v) is 7.83. The Bertz CT molecular complexity index is 1320. The zero-order valence-corrected chi connectivity index (χ0v) is 18.2. The van der Waals surface area contributed by atoms with E-state index in [9.17, 15) is 27.3 Å². The summed E-state index contributed by atoms with van der Waals surface area (Å²) in [4.78, 5) is 27.5. The van der Waals surface area contributed by atoms with E-state index in [0.717, 1.165) is 10.6 Å². The van der Waals surface area contributed by atoms with Crippen molar-refractivity contribution in [3.05, 3.63) is 62.4 Å². The summed E-state index contributed by atoms with van der Waals surface area (Å²) < 4.78 is 68.6. The highest BCUT2D eigenvalue weighted by Gasteiger charge is 2.43. The number of alkyl halides is 3. The molecule has 1 unspecified atom stereocenters. The van der Waals surface area contributed by atoms with Crippen molar-refractivity contribution in [2.24, 2.45) is 0 Å². The second-order valence-corrected chi connectivity index (χ2v) is 9.45. The first-order valence-electron chi connectivity index (χ1n) is 10.1. The minimum absolute atomic E-state index is 0.00167. The van der Waals surface area contributed by atoms with Gasteiger partial charge in [-0.2, -0.15) is 13.2 Å². The normalized spacial score (nSPS) is 16.6. The highest BCUT2D eigenvalue weighted by molar-refractivity contribution is 7.54. The molecular weight excluding hydrogens is 450 g/mol. The van der Waals surface area contributed by atoms with Crippen molar-refractivity contribution in [3.8, 4) is 5.69 Å². The second kappa shape index (κ2) is 8.06. The number of H-pyrrole nitrogens is 1. The van der Waals surface area contributed by atoms with Crippen LogP contribution < -0.4 is 11.1 Å². The molecule has 12 heteroatoms. The second-order valence-electron chi connectivity index (χ2n) is 7.26. The van der Waals surface area contributed by atoms with Crippen molar-refractivity contribution in [2.75, 3.05) is 13.2 Å². The van der Waals surface area contributed by atoms with Gasteiger partial charge in [-0.05, 0) is 44.9 Å². The minimum atomic E-state index is -4.72. The van der Waals surface area contributed by atoms with Gasteiger partial charge < -0.3 is 18.6 Å². The first kappa shape index (κ1) is 22.6.